The molecule has 21 heteroatoms. The molecule has 1 aliphatic heterocycles. The van der Waals surface area contributed by atoms with Gasteiger partial charge in [0.2, 0.25) is 23.6 Å². The van der Waals surface area contributed by atoms with Gasteiger partial charge in [-0.3, -0.25) is 38.5 Å². The van der Waals surface area contributed by atoms with Crippen molar-refractivity contribution in [3.8, 4) is 11.1 Å². The van der Waals surface area contributed by atoms with Crippen molar-refractivity contribution >= 4 is 41.4 Å². The first-order chi connectivity index (χ1) is 30.9. The average molecular weight is 936 g/mol. The minimum atomic E-state index is -4.00. The molecule has 0 radical (unpaired) electrons. The number of carbonyl (C=O) groups is 7. The number of amides is 6. The fourth-order valence-corrected chi connectivity index (χ4v) is 6.64. The molecule has 6 amide bonds. The van der Waals surface area contributed by atoms with Crippen LogP contribution in [-0.4, -0.2) is 117 Å². The number of benzene rings is 2. The molecule has 3 aromatic rings. The second kappa shape index (κ2) is 25.9. The molecule has 362 valence electrons. The van der Waals surface area contributed by atoms with Gasteiger partial charge < -0.3 is 41.4 Å². The molecule has 3 unspecified atom stereocenters. The second-order valence-corrected chi connectivity index (χ2v) is 15.8. The van der Waals surface area contributed by atoms with Gasteiger partial charge in [-0.1, -0.05) is 65.0 Å². The van der Waals surface area contributed by atoms with Gasteiger partial charge in [0.25, 0.3) is 11.8 Å². The number of carbonyl (C=O) groups excluding carboxylic acids is 6. The summed E-state index contributed by atoms with van der Waals surface area (Å²) in [5.41, 5.74) is 7.39. The number of carboxylic acid groups (broad SMARTS) is 1. The van der Waals surface area contributed by atoms with Crippen molar-refractivity contribution in [2.45, 2.75) is 91.7 Å². The van der Waals surface area contributed by atoms with Crippen molar-refractivity contribution in [3.05, 3.63) is 95.8 Å². The molecule has 1 aliphatic rings. The average Bonchev–Trinajstić information content (AvgIpc) is 3.79. The van der Waals surface area contributed by atoms with Crippen LogP contribution in [0.2, 0.25) is 0 Å². The van der Waals surface area contributed by atoms with E-state index in [1.165, 1.54) is 4.90 Å². The number of aliphatic carboxylic acids is 1. The van der Waals surface area contributed by atoms with E-state index >= 15 is 4.39 Å². The normalized spacial score (nSPS) is 13.6. The third-order valence-electron chi connectivity index (χ3n) is 9.47. The summed E-state index contributed by atoms with van der Waals surface area (Å²) >= 11 is 0. The number of aromatic nitrogens is 1. The number of aliphatic hydroxyl groups excluding tert-OH is 1. The summed E-state index contributed by atoms with van der Waals surface area (Å²) in [7, 11) is 0. The standard InChI is InChI=1S/C41H49F2N7O9.C2H3F3.C2H6/c1-41(2,3)38(32-19-26(28-20-27(42)9-10-29(28)43)22-48(32)21-25-7-5-4-6-8-25)49(36(55)24-51)18-15-30(44)39(58)45-16-17-46-40(59)31(11-14-37(56)57)47-33(52)23-50-34(53)12-13-35(50)54;1-2(3,4)5;1-2/h4-10,12-13,19-20,22,30-31,38,51H,11,14-18,21,23-24,44H2,1-3H3,(H,45,58)(H,46,59)(H,47,52)(H,56,57);1H3;1-2H3. The summed E-state index contributed by atoms with van der Waals surface area (Å²) in [6.45, 7) is 8.21. The summed E-state index contributed by atoms with van der Waals surface area (Å²) in [6, 6.07) is 10.9. The molecule has 7 N–H and O–H groups in total. The zero-order valence-electron chi connectivity index (χ0n) is 37.6. The molecule has 0 spiro atoms. The maximum absolute atomic E-state index is 15.1. The Hall–Kier alpha value is -6.48. The fraction of sp³-hybridized carbons (Fsp3) is 0.444. The van der Waals surface area contributed by atoms with Gasteiger partial charge in [0.05, 0.1) is 12.1 Å². The molecule has 0 fully saturated rings. The number of hydrogen-bond acceptors (Lipinski definition) is 9. The third kappa shape index (κ3) is 18.2. The van der Waals surface area contributed by atoms with E-state index in [1.807, 2.05) is 69.5 Å². The van der Waals surface area contributed by atoms with Crippen LogP contribution < -0.4 is 21.7 Å². The van der Waals surface area contributed by atoms with E-state index in [-0.39, 0.29) is 45.0 Å². The van der Waals surface area contributed by atoms with Crippen molar-refractivity contribution in [1.29, 1.82) is 0 Å². The van der Waals surface area contributed by atoms with E-state index < -0.39 is 102 Å². The highest BCUT2D eigenvalue weighted by molar-refractivity contribution is 6.14. The Morgan fingerprint density at radius 3 is 1.97 bits per heavy atom. The molecule has 2 heterocycles. The molecule has 0 saturated heterocycles. The quantitative estimate of drug-likeness (QED) is 0.0537. The number of carboxylic acids is 1. The number of imide groups is 1. The first-order valence-corrected chi connectivity index (χ1v) is 20.9. The number of halogens is 5. The van der Waals surface area contributed by atoms with Crippen LogP contribution >= 0.6 is 0 Å². The van der Waals surface area contributed by atoms with Crippen LogP contribution in [0.3, 0.4) is 0 Å². The molecule has 3 atom stereocenters. The zero-order chi connectivity index (χ0) is 49.9. The van der Waals surface area contributed by atoms with Crippen molar-refractivity contribution in [3.63, 3.8) is 0 Å². The molecule has 0 bridgehead atoms. The summed E-state index contributed by atoms with van der Waals surface area (Å²) in [4.78, 5) is 88.8. The predicted molar refractivity (Wildman–Crippen MR) is 233 cm³/mol. The highest BCUT2D eigenvalue weighted by atomic mass is 19.4. The van der Waals surface area contributed by atoms with E-state index in [0.29, 0.717) is 22.7 Å². The Morgan fingerprint density at radius 2 is 1.42 bits per heavy atom. The summed E-state index contributed by atoms with van der Waals surface area (Å²) in [5.74, 6) is -6.87. The maximum Gasteiger partial charge on any atom is 0.386 e. The summed E-state index contributed by atoms with van der Waals surface area (Å²) in [6.07, 6.45) is -1.20. The van der Waals surface area contributed by atoms with Crippen LogP contribution in [0.1, 0.15) is 78.1 Å². The molecular formula is C45H58F5N7O9. The van der Waals surface area contributed by atoms with E-state index in [0.717, 1.165) is 35.9 Å². The fourth-order valence-electron chi connectivity index (χ4n) is 6.64. The number of nitrogens with two attached hydrogens (primary N) is 1. The van der Waals surface area contributed by atoms with Gasteiger partial charge in [0.15, 0.2) is 0 Å². The Balaban J connectivity index is 0.00000200. The van der Waals surface area contributed by atoms with Gasteiger partial charge in [-0.15, -0.1) is 0 Å². The van der Waals surface area contributed by atoms with Crippen molar-refractivity contribution in [2.24, 2.45) is 11.1 Å². The van der Waals surface area contributed by atoms with Gasteiger partial charge in [-0.2, -0.15) is 13.2 Å². The van der Waals surface area contributed by atoms with E-state index in [2.05, 4.69) is 16.0 Å². The largest absolute Gasteiger partial charge is 0.481 e. The van der Waals surface area contributed by atoms with Gasteiger partial charge in [-0.05, 0) is 48.1 Å². The lowest BCUT2D eigenvalue weighted by atomic mass is 9.82. The molecule has 66 heavy (non-hydrogen) atoms. The topological polar surface area (TPSA) is 233 Å². The number of hydrogen-bond donors (Lipinski definition) is 6. The smallest absolute Gasteiger partial charge is 0.386 e. The van der Waals surface area contributed by atoms with Crippen LogP contribution in [-0.2, 0) is 40.1 Å². The van der Waals surface area contributed by atoms with E-state index in [1.54, 1.807) is 12.3 Å². The Kier molecular flexibility index (Phi) is 21.8. The number of nitrogens with one attached hydrogen (secondary N) is 3. The molecule has 0 aliphatic carbocycles. The van der Waals surface area contributed by atoms with E-state index in [4.69, 9.17) is 10.8 Å². The van der Waals surface area contributed by atoms with Crippen LogP contribution in [0.5, 0.6) is 0 Å². The molecular weight excluding hydrogens is 878 g/mol. The van der Waals surface area contributed by atoms with Crippen LogP contribution in [0.25, 0.3) is 11.1 Å². The predicted octanol–water partition coefficient (Wildman–Crippen LogP) is 4.21. The maximum atomic E-state index is 15.1. The molecule has 1 aromatic heterocycles. The molecule has 4 rings (SSSR count). The van der Waals surface area contributed by atoms with Gasteiger partial charge in [-0.25, -0.2) is 8.78 Å². The number of rotatable bonds is 20. The highest BCUT2D eigenvalue weighted by Crippen LogP contribution is 2.41. The number of nitrogens with zero attached hydrogens (tertiary/aromatic N) is 3. The van der Waals surface area contributed by atoms with Crippen molar-refractivity contribution in [2.75, 3.05) is 32.8 Å². The molecule has 16 nitrogen and oxygen atoms in total. The van der Waals surface area contributed by atoms with Gasteiger partial charge in [0, 0.05) is 74.7 Å². The minimum absolute atomic E-state index is 0.0202. The first-order valence-electron chi connectivity index (χ1n) is 20.9. The van der Waals surface area contributed by atoms with Gasteiger partial charge in [0.1, 0.15) is 30.8 Å². The van der Waals surface area contributed by atoms with E-state index in [9.17, 15) is 56.2 Å². The summed E-state index contributed by atoms with van der Waals surface area (Å²) < 4.78 is 62.3. The second-order valence-electron chi connectivity index (χ2n) is 15.8. The van der Waals surface area contributed by atoms with Crippen LogP contribution in [0, 0.1) is 17.0 Å². The molecule has 0 saturated carbocycles. The monoisotopic (exact) mass is 935 g/mol. The lowest BCUT2D eigenvalue weighted by Crippen LogP contribution is -2.51. The highest BCUT2D eigenvalue weighted by Gasteiger charge is 2.37. The van der Waals surface area contributed by atoms with Crippen molar-refractivity contribution < 1.29 is 65.7 Å². The SMILES string of the molecule is CC.CC(C)(C)C(c1cc(-c2cc(F)ccc2F)cn1Cc1ccccc1)N(CCC(N)C(=O)NCCNC(=O)C(CCC(=O)O)NC(=O)CN1C(=O)C=CC1=O)C(=O)CO.CC(F)(F)F. The van der Waals surface area contributed by atoms with Crippen molar-refractivity contribution in [1.82, 2.24) is 30.3 Å². The lowest BCUT2D eigenvalue weighted by molar-refractivity contribution is -0.141. The zero-order valence-corrected chi connectivity index (χ0v) is 37.6. The third-order valence-corrected chi connectivity index (χ3v) is 9.47. The minimum Gasteiger partial charge on any atom is -0.481 e. The van der Waals surface area contributed by atoms with Crippen LogP contribution in [0.15, 0.2) is 72.9 Å². The van der Waals surface area contributed by atoms with Gasteiger partial charge >= 0.3 is 12.1 Å². The Morgan fingerprint density at radius 1 is 0.848 bits per heavy atom. The number of alkyl halides is 3. The van der Waals surface area contributed by atoms with Crippen LogP contribution in [0.4, 0.5) is 22.0 Å². The Labute approximate surface area is 379 Å². The number of aliphatic hydroxyl groups is 1. The lowest BCUT2D eigenvalue weighted by Gasteiger charge is -2.41. The first kappa shape index (κ1) is 55.7. The Bertz CT molecular complexity index is 2150. The molecule has 2 aromatic carbocycles. The summed E-state index contributed by atoms with van der Waals surface area (Å²) in [5, 5.41) is 26.6.